The smallest absolute Gasteiger partial charge is 0.274 e. The summed E-state index contributed by atoms with van der Waals surface area (Å²) in [5.41, 5.74) is 6.47. The molecule has 2 aliphatic heterocycles. The van der Waals surface area contributed by atoms with Gasteiger partial charge in [0.25, 0.3) is 5.91 Å². The summed E-state index contributed by atoms with van der Waals surface area (Å²) in [7, 11) is 1.99. The fraction of sp³-hybridized carbons (Fsp3) is 0.409. The van der Waals surface area contributed by atoms with E-state index in [1.807, 2.05) is 20.9 Å². The lowest BCUT2D eigenvalue weighted by molar-refractivity contribution is -0.120. The van der Waals surface area contributed by atoms with Crippen LogP contribution in [0.4, 0.5) is 14.5 Å². The van der Waals surface area contributed by atoms with Crippen LogP contribution < -0.4 is 11.1 Å². The molecule has 1 aromatic heterocycles. The number of aliphatic imine (C=N–C) groups is 1. The van der Waals surface area contributed by atoms with Gasteiger partial charge < -0.3 is 20.7 Å². The van der Waals surface area contributed by atoms with E-state index in [4.69, 9.17) is 10.5 Å². The normalized spacial score (nSPS) is 18.5. The number of aromatic nitrogens is 1. The first-order valence-electron chi connectivity index (χ1n) is 10.1. The zero-order valence-corrected chi connectivity index (χ0v) is 18.2. The summed E-state index contributed by atoms with van der Waals surface area (Å²) in [5.74, 6) is -0.722. The number of anilines is 1. The standard InChI is InChI=1S/C12H8F2N2O.C8H15N3O.C2H6/c13-8-1-4-10(5-2-8)16-12(17)11-6-3-9(14)7-15-11;1-6-3-8(4-12-5-8)11(2)7(9)10-6;1-2/h1-7H,(H,16,17);6H,3-5H2,1-2H3,(H2,9,10);1-2H3. The summed E-state index contributed by atoms with van der Waals surface area (Å²) in [6, 6.07) is 8.07. The van der Waals surface area contributed by atoms with Crippen molar-refractivity contribution in [3.05, 3.63) is 59.9 Å². The SMILES string of the molecule is CC.CC1CC2(COC2)N(C)C(N)=N1.O=C(Nc1ccc(F)cc1)c1ccc(F)cn1. The molecule has 4 rings (SSSR count). The lowest BCUT2D eigenvalue weighted by Crippen LogP contribution is -2.67. The number of likely N-dealkylation sites (N-methyl/N-ethyl adjacent to an activating group) is 1. The van der Waals surface area contributed by atoms with Crippen LogP contribution in [0.2, 0.25) is 0 Å². The molecule has 9 heteroatoms. The molecule has 1 amide bonds. The lowest BCUT2D eigenvalue weighted by Gasteiger charge is -2.51. The van der Waals surface area contributed by atoms with E-state index in [9.17, 15) is 13.6 Å². The predicted molar refractivity (Wildman–Crippen MR) is 117 cm³/mol. The average molecular weight is 434 g/mol. The molecule has 0 radical (unpaired) electrons. The Bertz CT molecular complexity index is 884. The Hall–Kier alpha value is -3.07. The first-order chi connectivity index (χ1) is 14.8. The number of halogens is 2. The van der Waals surface area contributed by atoms with Crippen LogP contribution in [-0.4, -0.2) is 53.6 Å². The monoisotopic (exact) mass is 433 g/mol. The first-order valence-corrected chi connectivity index (χ1v) is 10.1. The largest absolute Gasteiger partial charge is 0.376 e. The zero-order chi connectivity index (χ0) is 23.0. The number of carbonyl (C=O) groups is 1. The van der Waals surface area contributed by atoms with E-state index in [0.29, 0.717) is 17.7 Å². The molecular weight excluding hydrogens is 404 g/mol. The number of hydrogen-bond acceptors (Lipinski definition) is 6. The summed E-state index contributed by atoms with van der Waals surface area (Å²) >= 11 is 0. The number of ether oxygens (including phenoxy) is 1. The van der Waals surface area contributed by atoms with Crippen LogP contribution in [0, 0.1) is 11.6 Å². The highest BCUT2D eigenvalue weighted by Gasteiger charge is 2.46. The highest BCUT2D eigenvalue weighted by atomic mass is 19.1. The van der Waals surface area contributed by atoms with Crippen molar-refractivity contribution in [1.82, 2.24) is 9.88 Å². The molecule has 3 heterocycles. The van der Waals surface area contributed by atoms with Crippen molar-refractivity contribution in [3.63, 3.8) is 0 Å². The van der Waals surface area contributed by atoms with Crippen molar-refractivity contribution < 1.29 is 18.3 Å². The quantitative estimate of drug-likeness (QED) is 0.757. The third-order valence-electron chi connectivity index (χ3n) is 4.89. The molecule has 2 aromatic rings. The second-order valence-electron chi connectivity index (χ2n) is 7.14. The highest BCUT2D eigenvalue weighted by Crippen LogP contribution is 2.32. The molecule has 1 saturated heterocycles. The van der Waals surface area contributed by atoms with Crippen LogP contribution in [0.5, 0.6) is 0 Å². The fourth-order valence-electron chi connectivity index (χ4n) is 3.18. The Balaban J connectivity index is 0.000000214. The molecule has 0 saturated carbocycles. The molecule has 1 unspecified atom stereocenters. The minimum Gasteiger partial charge on any atom is -0.376 e. The van der Waals surface area contributed by atoms with Crippen LogP contribution in [0.25, 0.3) is 0 Å². The van der Waals surface area contributed by atoms with E-state index in [2.05, 4.69) is 27.1 Å². The first kappa shape index (κ1) is 24.2. The molecule has 1 spiro atoms. The Morgan fingerprint density at radius 1 is 1.16 bits per heavy atom. The average Bonchev–Trinajstić information content (AvgIpc) is 2.73. The van der Waals surface area contributed by atoms with Gasteiger partial charge in [0.05, 0.1) is 31.0 Å². The van der Waals surface area contributed by atoms with Gasteiger partial charge in [-0.3, -0.25) is 9.79 Å². The van der Waals surface area contributed by atoms with Gasteiger partial charge in [-0.1, -0.05) is 13.8 Å². The minimum atomic E-state index is -0.511. The van der Waals surface area contributed by atoms with Gasteiger partial charge in [-0.2, -0.15) is 0 Å². The lowest BCUT2D eigenvalue weighted by atomic mass is 9.87. The summed E-state index contributed by atoms with van der Waals surface area (Å²) in [6.07, 6.45) is 2.02. The third-order valence-corrected chi connectivity index (χ3v) is 4.89. The molecule has 2 aliphatic rings. The molecule has 0 aliphatic carbocycles. The van der Waals surface area contributed by atoms with E-state index in [1.165, 1.54) is 30.3 Å². The molecule has 168 valence electrons. The topological polar surface area (TPSA) is 92.8 Å². The van der Waals surface area contributed by atoms with Crippen LogP contribution in [0.1, 0.15) is 37.7 Å². The maximum absolute atomic E-state index is 12.6. The highest BCUT2D eigenvalue weighted by molar-refractivity contribution is 6.02. The van der Waals surface area contributed by atoms with Gasteiger partial charge >= 0.3 is 0 Å². The zero-order valence-electron chi connectivity index (χ0n) is 18.2. The number of nitrogens with one attached hydrogen (secondary N) is 1. The molecule has 3 N–H and O–H groups in total. The third kappa shape index (κ3) is 6.21. The maximum atomic E-state index is 12.6. The second-order valence-corrected chi connectivity index (χ2v) is 7.14. The van der Waals surface area contributed by atoms with E-state index < -0.39 is 11.7 Å². The molecule has 1 fully saturated rings. The number of carbonyl (C=O) groups excluding carboxylic acids is 1. The van der Waals surface area contributed by atoms with Crippen molar-refractivity contribution in [2.75, 3.05) is 25.6 Å². The Morgan fingerprint density at radius 2 is 1.77 bits per heavy atom. The van der Waals surface area contributed by atoms with E-state index in [0.717, 1.165) is 31.9 Å². The minimum absolute atomic E-state index is 0.0933. The van der Waals surface area contributed by atoms with Gasteiger partial charge in [-0.25, -0.2) is 13.8 Å². The molecule has 1 atom stereocenters. The molecule has 1 aromatic carbocycles. The number of hydrogen-bond donors (Lipinski definition) is 2. The Morgan fingerprint density at radius 3 is 2.29 bits per heavy atom. The van der Waals surface area contributed by atoms with E-state index >= 15 is 0 Å². The van der Waals surface area contributed by atoms with Gasteiger partial charge in [-0.05, 0) is 49.7 Å². The Labute approximate surface area is 181 Å². The van der Waals surface area contributed by atoms with Gasteiger partial charge in [0.15, 0.2) is 5.96 Å². The maximum Gasteiger partial charge on any atom is 0.274 e. The Kier molecular flexibility index (Phi) is 8.44. The summed E-state index contributed by atoms with van der Waals surface area (Å²) < 4.78 is 30.4. The van der Waals surface area contributed by atoms with Crippen molar-refractivity contribution in [1.29, 1.82) is 0 Å². The van der Waals surface area contributed by atoms with Gasteiger partial charge in [0.1, 0.15) is 17.3 Å². The van der Waals surface area contributed by atoms with Crippen molar-refractivity contribution in [2.45, 2.75) is 38.8 Å². The van der Waals surface area contributed by atoms with Gasteiger partial charge in [-0.15, -0.1) is 0 Å². The van der Waals surface area contributed by atoms with E-state index in [-0.39, 0.29) is 17.1 Å². The van der Waals surface area contributed by atoms with Crippen LogP contribution >= 0.6 is 0 Å². The fourth-order valence-corrected chi connectivity index (χ4v) is 3.18. The molecule has 0 bridgehead atoms. The predicted octanol–water partition coefficient (Wildman–Crippen LogP) is 3.43. The van der Waals surface area contributed by atoms with Crippen molar-refractivity contribution in [2.24, 2.45) is 10.7 Å². The summed E-state index contributed by atoms with van der Waals surface area (Å²) in [6.45, 7) is 7.69. The summed E-state index contributed by atoms with van der Waals surface area (Å²) in [4.78, 5) is 21.6. The number of nitrogens with two attached hydrogens (primary N) is 1. The van der Waals surface area contributed by atoms with Gasteiger partial charge in [0.2, 0.25) is 0 Å². The summed E-state index contributed by atoms with van der Waals surface area (Å²) in [5, 5.41) is 2.51. The number of guanidine groups is 1. The number of rotatable bonds is 2. The van der Waals surface area contributed by atoms with Crippen molar-refractivity contribution in [3.8, 4) is 0 Å². The number of amides is 1. The van der Waals surface area contributed by atoms with Crippen LogP contribution in [0.15, 0.2) is 47.6 Å². The number of pyridine rings is 1. The molecular formula is C22H29F2N5O2. The van der Waals surface area contributed by atoms with E-state index in [1.54, 1.807) is 0 Å². The molecule has 31 heavy (non-hydrogen) atoms. The van der Waals surface area contributed by atoms with Crippen LogP contribution in [0.3, 0.4) is 0 Å². The number of nitrogens with zero attached hydrogens (tertiary/aromatic N) is 3. The molecule has 7 nitrogen and oxygen atoms in total. The number of benzene rings is 1. The second kappa shape index (κ2) is 10.8. The van der Waals surface area contributed by atoms with Crippen molar-refractivity contribution >= 4 is 17.6 Å². The van der Waals surface area contributed by atoms with Crippen LogP contribution in [-0.2, 0) is 4.74 Å². The van der Waals surface area contributed by atoms with Gasteiger partial charge in [0, 0.05) is 12.7 Å².